The molecule has 0 radical (unpaired) electrons. The zero-order chi connectivity index (χ0) is 42.5. The second kappa shape index (κ2) is 20.8. The first-order valence-electron chi connectivity index (χ1n) is 13.2. The predicted octanol–water partition coefficient (Wildman–Crippen LogP) is 2.79. The summed E-state index contributed by atoms with van der Waals surface area (Å²) in [6.07, 6.45) is 0. The summed E-state index contributed by atoms with van der Waals surface area (Å²) in [7, 11) is 0. The van der Waals surface area contributed by atoms with Gasteiger partial charge in [-0.3, -0.25) is 50.6 Å². The first kappa shape index (κ1) is 46.7. The average molecular weight is 1030 g/mol. The largest absolute Gasteiger partial charge is 0.545 e. The lowest BCUT2D eigenvalue weighted by atomic mass is 10.2. The van der Waals surface area contributed by atoms with Gasteiger partial charge in [0, 0.05) is 73.7 Å². The van der Waals surface area contributed by atoms with Gasteiger partial charge in [-0.25, -0.2) is 0 Å². The molecule has 4 aromatic rings. The smallest absolute Gasteiger partial charge is 0.291 e. The number of hydrogen-bond acceptors (Lipinski definition) is 18. The minimum absolute atomic E-state index is 0.0694. The third-order valence-corrected chi connectivity index (χ3v) is 8.53. The number of carboxylic acids is 4. The van der Waals surface area contributed by atoms with Crippen LogP contribution in [0.1, 0.15) is 41.4 Å². The normalized spacial score (nSPS) is 9.67. The molecule has 0 spiro atoms. The fraction of sp³-hybridized carbons (Fsp3) is 0. The zero-order valence-corrected chi connectivity index (χ0v) is 32.3. The van der Waals surface area contributed by atoms with Gasteiger partial charge in [-0.2, -0.15) is 0 Å². The van der Waals surface area contributed by atoms with Crippen LogP contribution in [0.3, 0.4) is 0 Å². The Bertz CT molecular complexity index is 2150. The molecule has 27 heteroatoms. The van der Waals surface area contributed by atoms with Crippen LogP contribution >= 0.6 is 63.7 Å². The van der Waals surface area contributed by atoms with Crippen LogP contribution in [0.5, 0.6) is 0 Å². The number of carboxylic acid groups (broad SMARTS) is 4. The number of nitro benzene ring substituents is 5. The van der Waals surface area contributed by atoms with Crippen molar-refractivity contribution in [3.63, 3.8) is 0 Å². The number of carbonyl (C=O) groups excluding carboxylic acids is 4. The number of aromatic carboxylic acids is 4. The van der Waals surface area contributed by atoms with E-state index >= 15 is 0 Å². The van der Waals surface area contributed by atoms with Gasteiger partial charge in [-0.1, -0.05) is 28.1 Å². The van der Waals surface area contributed by atoms with Crippen LogP contribution < -0.4 is 20.4 Å². The monoisotopic (exact) mass is 1020 g/mol. The molecule has 0 aliphatic heterocycles. The first-order chi connectivity index (χ1) is 25.4. The Morgan fingerprint density at radius 2 is 0.891 bits per heavy atom. The van der Waals surface area contributed by atoms with Crippen LogP contribution in [0.4, 0.5) is 28.4 Å². The second-order valence-electron chi connectivity index (χ2n) is 9.26. The molecule has 0 N–H and O–H groups in total. The maximum atomic E-state index is 10.5. The lowest BCUT2D eigenvalue weighted by Crippen LogP contribution is -2.22. The minimum Gasteiger partial charge on any atom is -0.545 e. The number of benzene rings is 4. The third-order valence-electron chi connectivity index (χ3n) is 5.77. The molecule has 0 saturated heterocycles. The van der Waals surface area contributed by atoms with Crippen LogP contribution in [0.25, 0.3) is 0 Å². The molecule has 0 bridgehead atoms. The number of hydrogen-bond donors (Lipinski definition) is 0. The molecular formula is C28H11Br4N5O18-4. The highest BCUT2D eigenvalue weighted by Crippen LogP contribution is 2.35. The van der Waals surface area contributed by atoms with Crippen molar-refractivity contribution in [1.29, 1.82) is 0 Å². The van der Waals surface area contributed by atoms with Crippen molar-refractivity contribution in [1.82, 2.24) is 0 Å². The summed E-state index contributed by atoms with van der Waals surface area (Å²) >= 11 is 11.3. The van der Waals surface area contributed by atoms with Gasteiger partial charge >= 0.3 is 0 Å². The Kier molecular flexibility index (Phi) is 17.7. The molecule has 0 fully saturated rings. The van der Waals surface area contributed by atoms with Gasteiger partial charge < -0.3 is 39.6 Å². The van der Waals surface area contributed by atoms with Crippen molar-refractivity contribution in [2.75, 3.05) is 0 Å². The Morgan fingerprint density at radius 1 is 0.436 bits per heavy atom. The maximum Gasteiger partial charge on any atom is 0.291 e. The molecule has 0 unspecified atom stereocenters. The number of nitro groups is 5. The minimum atomic E-state index is -1.72. The average Bonchev–Trinajstić information content (AvgIpc) is 3.08. The van der Waals surface area contributed by atoms with E-state index < -0.39 is 65.4 Å². The van der Waals surface area contributed by atoms with Crippen molar-refractivity contribution in [3.8, 4) is 0 Å². The Balaban J connectivity index is 0.000000368. The SMILES string of the molecule is O=C([O-])c1cc(Br)cc([N+](=O)[O-])c1.O=C([O-])c1cc([N+](=O)[O-])c(Br)c([N+](=O)[O-])c1.O=C([O-])c1ccc([N+](=O)[O-])cc1Br.O=C([O-])c1cccc([N+](=O)[O-])c1Br. The lowest BCUT2D eigenvalue weighted by Gasteiger charge is -2.04. The van der Waals surface area contributed by atoms with Crippen molar-refractivity contribution < 1.29 is 64.2 Å². The van der Waals surface area contributed by atoms with Gasteiger partial charge in [0.25, 0.3) is 28.4 Å². The van der Waals surface area contributed by atoms with Gasteiger partial charge in [0.1, 0.15) is 4.47 Å². The van der Waals surface area contributed by atoms with Crippen molar-refractivity contribution in [3.05, 3.63) is 157 Å². The summed E-state index contributed by atoms with van der Waals surface area (Å²) < 4.78 is 0.0232. The molecule has 0 aromatic heterocycles. The molecule has 0 amide bonds. The van der Waals surface area contributed by atoms with Gasteiger partial charge in [-0.05, 0) is 59.9 Å². The molecule has 23 nitrogen and oxygen atoms in total. The van der Waals surface area contributed by atoms with Gasteiger partial charge in [0.2, 0.25) is 0 Å². The molecule has 0 saturated carbocycles. The molecule has 0 aliphatic carbocycles. The molecule has 0 aliphatic rings. The van der Waals surface area contributed by atoms with Crippen LogP contribution in [-0.4, -0.2) is 48.5 Å². The van der Waals surface area contributed by atoms with Crippen molar-refractivity contribution >= 4 is 116 Å². The van der Waals surface area contributed by atoms with Crippen LogP contribution in [0, 0.1) is 50.6 Å². The molecule has 55 heavy (non-hydrogen) atoms. The molecular weight excluding hydrogens is 1010 g/mol. The summed E-state index contributed by atoms with van der Waals surface area (Å²) in [6.45, 7) is 0. The number of non-ortho nitro benzene ring substituents is 2. The number of carbonyl (C=O) groups is 4. The summed E-state index contributed by atoms with van der Waals surface area (Å²) in [4.78, 5) is 89.8. The van der Waals surface area contributed by atoms with Crippen LogP contribution in [-0.2, 0) is 0 Å². The molecule has 288 valence electrons. The quantitative estimate of drug-likeness (QED) is 0.172. The van der Waals surface area contributed by atoms with Crippen molar-refractivity contribution in [2.45, 2.75) is 0 Å². The molecule has 0 atom stereocenters. The fourth-order valence-corrected chi connectivity index (χ4v) is 5.48. The highest BCUT2D eigenvalue weighted by Gasteiger charge is 2.25. The number of rotatable bonds is 9. The van der Waals surface area contributed by atoms with Gasteiger partial charge in [-0.15, -0.1) is 0 Å². The highest BCUT2D eigenvalue weighted by molar-refractivity contribution is 9.11. The Labute approximate surface area is 336 Å². The van der Waals surface area contributed by atoms with E-state index in [1.54, 1.807) is 0 Å². The van der Waals surface area contributed by atoms with E-state index in [0.29, 0.717) is 16.6 Å². The van der Waals surface area contributed by atoms with Crippen molar-refractivity contribution in [2.24, 2.45) is 0 Å². The Hall–Kier alpha value is -6.32. The predicted molar refractivity (Wildman–Crippen MR) is 187 cm³/mol. The molecule has 4 aromatic carbocycles. The number of nitrogens with zero attached hydrogens (tertiary/aromatic N) is 5. The summed E-state index contributed by atoms with van der Waals surface area (Å²) in [5.41, 5.74) is -3.32. The standard InChI is InChI=1S/C7H3BrN2O6.3C7H4BrNO4/c8-6-4(9(13)14)1-3(7(11)12)2-5(6)10(15)16;8-5-1-4(7(10)11)2-6(3-5)9(12)13;8-6-3-4(9(12)13)1-2-5(6)7(10)11;8-6-4(7(10)11)2-1-3-5(6)9(12)13/h1-2H,(H,11,12);3*1-3H,(H,10,11)/p-4. The summed E-state index contributed by atoms with van der Waals surface area (Å²) in [5.74, 6) is -5.99. The van der Waals surface area contributed by atoms with E-state index in [1.165, 1.54) is 30.3 Å². The molecule has 4 rings (SSSR count). The van der Waals surface area contributed by atoms with E-state index in [-0.39, 0.29) is 47.2 Å². The fourth-order valence-electron chi connectivity index (χ4n) is 3.38. The highest BCUT2D eigenvalue weighted by atomic mass is 79.9. The summed E-state index contributed by atoms with van der Waals surface area (Å²) in [6, 6.07) is 11.8. The van der Waals surface area contributed by atoms with Gasteiger partial charge in [0.05, 0.1) is 48.5 Å². The second-order valence-corrected chi connectivity index (χ2v) is 12.6. The number of halogens is 4. The maximum absolute atomic E-state index is 10.5. The van der Waals surface area contributed by atoms with Crippen LogP contribution in [0.15, 0.2) is 84.6 Å². The Morgan fingerprint density at radius 3 is 1.27 bits per heavy atom. The van der Waals surface area contributed by atoms with Crippen LogP contribution in [0.2, 0.25) is 0 Å². The summed E-state index contributed by atoms with van der Waals surface area (Å²) in [5, 5.41) is 93.6. The van der Waals surface area contributed by atoms with E-state index in [4.69, 9.17) is 0 Å². The third kappa shape index (κ3) is 13.9. The van der Waals surface area contributed by atoms with E-state index in [0.717, 1.165) is 24.3 Å². The van der Waals surface area contributed by atoms with E-state index in [1.807, 2.05) is 0 Å². The van der Waals surface area contributed by atoms with E-state index in [9.17, 15) is 90.2 Å². The van der Waals surface area contributed by atoms with Gasteiger partial charge in [0.15, 0.2) is 4.47 Å². The zero-order valence-electron chi connectivity index (χ0n) is 25.9. The lowest BCUT2D eigenvalue weighted by molar-refractivity contribution is -0.395. The molecule has 0 heterocycles. The van der Waals surface area contributed by atoms with E-state index in [2.05, 4.69) is 63.7 Å². The first-order valence-corrected chi connectivity index (χ1v) is 16.4. The topological polar surface area (TPSA) is 376 Å².